The topological polar surface area (TPSA) is 46.0 Å². The van der Waals surface area contributed by atoms with E-state index >= 15 is 0 Å². The van der Waals surface area contributed by atoms with Crippen LogP contribution in [-0.2, 0) is 6.42 Å². The molecule has 3 nitrogen and oxygen atoms in total. The Kier molecular flexibility index (Phi) is 3.45. The predicted octanol–water partition coefficient (Wildman–Crippen LogP) is 2.58. The summed E-state index contributed by atoms with van der Waals surface area (Å²) < 4.78 is 0.835. The normalized spacial score (nSPS) is 12.7. The molecule has 15 heavy (non-hydrogen) atoms. The predicted molar refractivity (Wildman–Crippen MR) is 62.7 cm³/mol. The third kappa shape index (κ3) is 2.62. The Morgan fingerprint density at radius 1 is 1.53 bits per heavy atom. The SMILES string of the molecule is OC(Cc1cncs1)c1ncccc1Br. The molecule has 2 heterocycles. The molecule has 5 heteroatoms. The fraction of sp³-hybridized carbons (Fsp3) is 0.200. The lowest BCUT2D eigenvalue weighted by molar-refractivity contribution is 0.173. The summed E-state index contributed by atoms with van der Waals surface area (Å²) >= 11 is 4.90. The Morgan fingerprint density at radius 3 is 3.07 bits per heavy atom. The molecule has 0 amide bonds. The van der Waals surface area contributed by atoms with Gasteiger partial charge in [-0.2, -0.15) is 0 Å². The van der Waals surface area contributed by atoms with E-state index in [2.05, 4.69) is 25.9 Å². The summed E-state index contributed by atoms with van der Waals surface area (Å²) in [5.74, 6) is 0. The quantitative estimate of drug-likeness (QED) is 0.942. The summed E-state index contributed by atoms with van der Waals surface area (Å²) in [5, 5.41) is 9.96. The van der Waals surface area contributed by atoms with Crippen molar-refractivity contribution in [1.82, 2.24) is 9.97 Å². The second kappa shape index (κ2) is 4.83. The van der Waals surface area contributed by atoms with Crippen LogP contribution in [0, 0.1) is 0 Å². The Labute approximate surface area is 100.0 Å². The van der Waals surface area contributed by atoms with Gasteiger partial charge >= 0.3 is 0 Å². The van der Waals surface area contributed by atoms with Crippen molar-refractivity contribution in [3.63, 3.8) is 0 Å². The van der Waals surface area contributed by atoms with Crippen LogP contribution < -0.4 is 0 Å². The van der Waals surface area contributed by atoms with E-state index in [0.29, 0.717) is 12.1 Å². The molecule has 0 bridgehead atoms. The molecule has 0 aliphatic carbocycles. The third-order valence-corrected chi connectivity index (χ3v) is 3.45. The van der Waals surface area contributed by atoms with E-state index < -0.39 is 6.10 Å². The zero-order chi connectivity index (χ0) is 10.7. The second-order valence-electron chi connectivity index (χ2n) is 3.06. The fourth-order valence-electron chi connectivity index (χ4n) is 1.27. The molecule has 0 saturated carbocycles. The van der Waals surface area contributed by atoms with Crippen LogP contribution in [0.2, 0.25) is 0 Å². The number of aliphatic hydroxyl groups excluding tert-OH is 1. The van der Waals surface area contributed by atoms with Crippen LogP contribution in [0.4, 0.5) is 0 Å². The first kappa shape index (κ1) is 10.7. The number of hydrogen-bond donors (Lipinski definition) is 1. The molecule has 0 fully saturated rings. The van der Waals surface area contributed by atoms with E-state index in [9.17, 15) is 5.11 Å². The van der Waals surface area contributed by atoms with Gasteiger partial charge in [0.05, 0.1) is 11.2 Å². The number of aromatic nitrogens is 2. The number of rotatable bonds is 3. The molecule has 0 saturated heterocycles. The highest BCUT2D eigenvalue weighted by molar-refractivity contribution is 9.10. The van der Waals surface area contributed by atoms with E-state index in [4.69, 9.17) is 0 Å². The summed E-state index contributed by atoms with van der Waals surface area (Å²) in [7, 11) is 0. The van der Waals surface area contributed by atoms with Crippen LogP contribution in [0.1, 0.15) is 16.7 Å². The molecule has 0 aliphatic heterocycles. The molecule has 0 aliphatic rings. The zero-order valence-corrected chi connectivity index (χ0v) is 10.2. The molecule has 2 aromatic heterocycles. The minimum atomic E-state index is -0.582. The highest BCUT2D eigenvalue weighted by Crippen LogP contribution is 2.24. The highest BCUT2D eigenvalue weighted by Gasteiger charge is 2.13. The van der Waals surface area contributed by atoms with Crippen LogP contribution >= 0.6 is 27.3 Å². The van der Waals surface area contributed by atoms with Gasteiger partial charge in [0.25, 0.3) is 0 Å². The van der Waals surface area contributed by atoms with Gasteiger partial charge in [-0.25, -0.2) is 0 Å². The van der Waals surface area contributed by atoms with E-state index in [1.165, 1.54) is 11.3 Å². The van der Waals surface area contributed by atoms with Gasteiger partial charge in [-0.15, -0.1) is 11.3 Å². The maximum absolute atomic E-state index is 9.96. The van der Waals surface area contributed by atoms with Gasteiger partial charge in [0.1, 0.15) is 6.10 Å². The number of halogens is 1. The summed E-state index contributed by atoms with van der Waals surface area (Å²) in [5.41, 5.74) is 2.43. The molecule has 2 rings (SSSR count). The van der Waals surface area contributed by atoms with E-state index in [1.54, 1.807) is 17.9 Å². The third-order valence-electron chi connectivity index (χ3n) is 1.98. The van der Waals surface area contributed by atoms with Crippen molar-refractivity contribution in [2.24, 2.45) is 0 Å². The lowest BCUT2D eigenvalue weighted by Crippen LogP contribution is -2.03. The minimum absolute atomic E-state index is 0.556. The molecule has 2 aromatic rings. The molecule has 0 aromatic carbocycles. The first-order chi connectivity index (χ1) is 7.27. The maximum Gasteiger partial charge on any atom is 0.102 e. The second-order valence-corrected chi connectivity index (χ2v) is 4.88. The first-order valence-electron chi connectivity index (χ1n) is 4.43. The Balaban J connectivity index is 2.15. The molecular formula is C10H9BrN2OS. The summed E-state index contributed by atoms with van der Waals surface area (Å²) in [6.45, 7) is 0. The van der Waals surface area contributed by atoms with Gasteiger partial charge in [-0.05, 0) is 28.1 Å². The van der Waals surface area contributed by atoms with Gasteiger partial charge in [0.2, 0.25) is 0 Å². The standard InChI is InChI=1S/C10H9BrN2OS/c11-8-2-1-3-13-10(8)9(14)4-7-5-12-6-15-7/h1-3,5-6,9,14H,4H2. The summed E-state index contributed by atoms with van der Waals surface area (Å²) in [4.78, 5) is 9.17. The fourth-order valence-corrected chi connectivity index (χ4v) is 2.43. The van der Waals surface area contributed by atoms with Gasteiger partial charge in [0.15, 0.2) is 0 Å². The molecule has 0 spiro atoms. The van der Waals surface area contributed by atoms with Crippen molar-refractivity contribution >= 4 is 27.3 Å². The molecular weight excluding hydrogens is 276 g/mol. The van der Waals surface area contributed by atoms with Crippen LogP contribution in [0.3, 0.4) is 0 Å². The Morgan fingerprint density at radius 2 is 2.40 bits per heavy atom. The number of thiazole rings is 1. The average Bonchev–Trinajstić information content (AvgIpc) is 2.71. The average molecular weight is 285 g/mol. The van der Waals surface area contributed by atoms with Gasteiger partial charge in [0, 0.05) is 28.2 Å². The largest absolute Gasteiger partial charge is 0.386 e. The Hall–Kier alpha value is -0.780. The van der Waals surface area contributed by atoms with Crippen molar-refractivity contribution in [2.45, 2.75) is 12.5 Å². The van der Waals surface area contributed by atoms with Crippen molar-refractivity contribution in [3.05, 3.63) is 45.1 Å². The van der Waals surface area contributed by atoms with Crippen molar-refractivity contribution in [2.75, 3.05) is 0 Å². The van der Waals surface area contributed by atoms with E-state index in [0.717, 1.165) is 9.35 Å². The maximum atomic E-state index is 9.96. The van der Waals surface area contributed by atoms with Crippen molar-refractivity contribution < 1.29 is 5.11 Å². The molecule has 1 N–H and O–H groups in total. The first-order valence-corrected chi connectivity index (χ1v) is 6.10. The summed E-state index contributed by atoms with van der Waals surface area (Å²) in [6, 6.07) is 3.70. The zero-order valence-electron chi connectivity index (χ0n) is 7.80. The highest BCUT2D eigenvalue weighted by atomic mass is 79.9. The number of hydrogen-bond acceptors (Lipinski definition) is 4. The monoisotopic (exact) mass is 284 g/mol. The van der Waals surface area contributed by atoms with E-state index in [-0.39, 0.29) is 0 Å². The van der Waals surface area contributed by atoms with Crippen LogP contribution in [0.5, 0.6) is 0 Å². The van der Waals surface area contributed by atoms with Gasteiger partial charge in [-0.3, -0.25) is 9.97 Å². The van der Waals surface area contributed by atoms with Gasteiger partial charge < -0.3 is 5.11 Å². The lowest BCUT2D eigenvalue weighted by atomic mass is 10.1. The minimum Gasteiger partial charge on any atom is -0.386 e. The summed E-state index contributed by atoms with van der Waals surface area (Å²) in [6.07, 6.45) is 3.42. The van der Waals surface area contributed by atoms with Crippen LogP contribution in [0.15, 0.2) is 34.5 Å². The van der Waals surface area contributed by atoms with Crippen LogP contribution in [-0.4, -0.2) is 15.1 Å². The molecule has 1 atom stereocenters. The molecule has 78 valence electrons. The molecule has 1 unspecified atom stereocenters. The number of pyridine rings is 1. The number of nitrogens with zero attached hydrogens (tertiary/aromatic N) is 2. The van der Waals surface area contributed by atoms with Crippen LogP contribution in [0.25, 0.3) is 0 Å². The van der Waals surface area contributed by atoms with Gasteiger partial charge in [-0.1, -0.05) is 0 Å². The smallest absolute Gasteiger partial charge is 0.102 e. The molecule has 0 radical (unpaired) electrons. The Bertz CT molecular complexity index is 433. The van der Waals surface area contributed by atoms with E-state index in [1.807, 2.05) is 12.1 Å². The van der Waals surface area contributed by atoms with Crippen molar-refractivity contribution in [3.8, 4) is 0 Å². The lowest BCUT2D eigenvalue weighted by Gasteiger charge is -2.09. The van der Waals surface area contributed by atoms with Crippen molar-refractivity contribution in [1.29, 1.82) is 0 Å². The number of aliphatic hydroxyl groups is 1.